The second kappa shape index (κ2) is 6.58. The number of carbonyl (C=O) groups is 1. The summed E-state index contributed by atoms with van der Waals surface area (Å²) in [7, 11) is 0. The third-order valence-corrected chi connectivity index (χ3v) is 4.78. The van der Waals surface area contributed by atoms with Gasteiger partial charge in [-0.3, -0.25) is 4.79 Å². The maximum atomic E-state index is 12.3. The van der Waals surface area contributed by atoms with Crippen molar-refractivity contribution < 1.29 is 9.90 Å². The number of benzene rings is 1. The number of aliphatic hydroxyl groups is 1. The Balaban J connectivity index is 1.48. The molecule has 4 nitrogen and oxygen atoms in total. The van der Waals surface area contributed by atoms with Crippen molar-refractivity contribution in [2.75, 3.05) is 6.54 Å². The van der Waals surface area contributed by atoms with Gasteiger partial charge in [0, 0.05) is 13.1 Å². The summed E-state index contributed by atoms with van der Waals surface area (Å²) in [5.41, 5.74) is 2.57. The molecule has 0 saturated heterocycles. The van der Waals surface area contributed by atoms with E-state index in [4.69, 9.17) is 0 Å². The molecule has 0 unspecified atom stereocenters. The van der Waals surface area contributed by atoms with Crippen LogP contribution in [0.1, 0.15) is 36.8 Å². The largest absolute Gasteiger partial charge is 0.393 e. The van der Waals surface area contributed by atoms with E-state index in [9.17, 15) is 9.90 Å². The number of aliphatic hydroxyl groups excluding tert-OH is 1. The summed E-state index contributed by atoms with van der Waals surface area (Å²) in [6.45, 7) is 1.51. The second-order valence-electron chi connectivity index (χ2n) is 6.33. The highest BCUT2D eigenvalue weighted by molar-refractivity contribution is 5.82. The third-order valence-electron chi connectivity index (χ3n) is 4.78. The van der Waals surface area contributed by atoms with E-state index in [0.717, 1.165) is 45.2 Å². The molecule has 1 atom stereocenters. The Kier molecular flexibility index (Phi) is 4.56. The zero-order valence-corrected chi connectivity index (χ0v) is 12.3. The van der Waals surface area contributed by atoms with Gasteiger partial charge < -0.3 is 15.7 Å². The van der Waals surface area contributed by atoms with Crippen LogP contribution < -0.4 is 10.6 Å². The summed E-state index contributed by atoms with van der Waals surface area (Å²) in [5.74, 6) is 0.629. The van der Waals surface area contributed by atoms with Crippen molar-refractivity contribution in [1.29, 1.82) is 0 Å². The molecule has 0 bridgehead atoms. The first-order valence-corrected chi connectivity index (χ1v) is 7.98. The zero-order valence-electron chi connectivity index (χ0n) is 12.3. The lowest BCUT2D eigenvalue weighted by molar-refractivity contribution is -0.123. The summed E-state index contributed by atoms with van der Waals surface area (Å²) in [5, 5.41) is 15.9. The Bertz CT molecular complexity index is 495. The van der Waals surface area contributed by atoms with Crippen LogP contribution >= 0.6 is 0 Å². The number of hydrogen-bond acceptors (Lipinski definition) is 3. The van der Waals surface area contributed by atoms with Crippen LogP contribution in [-0.4, -0.2) is 29.7 Å². The summed E-state index contributed by atoms with van der Waals surface area (Å²) in [6.07, 6.45) is 4.41. The number of hydrogen-bond donors (Lipinski definition) is 3. The summed E-state index contributed by atoms with van der Waals surface area (Å²) in [6, 6.07) is 8.18. The molecule has 1 aromatic carbocycles. The van der Waals surface area contributed by atoms with Crippen molar-refractivity contribution in [2.45, 2.75) is 50.8 Å². The average Bonchev–Trinajstić information content (AvgIpc) is 2.53. The zero-order chi connectivity index (χ0) is 14.7. The first-order valence-electron chi connectivity index (χ1n) is 7.98. The molecule has 0 aromatic heterocycles. The van der Waals surface area contributed by atoms with Gasteiger partial charge in [-0.2, -0.15) is 0 Å². The molecule has 1 fully saturated rings. The van der Waals surface area contributed by atoms with Gasteiger partial charge in [-0.15, -0.1) is 0 Å². The van der Waals surface area contributed by atoms with Crippen LogP contribution in [-0.2, 0) is 17.8 Å². The van der Waals surface area contributed by atoms with Crippen molar-refractivity contribution in [3.8, 4) is 0 Å². The lowest BCUT2D eigenvalue weighted by Crippen LogP contribution is -2.48. The minimum Gasteiger partial charge on any atom is -0.393 e. The van der Waals surface area contributed by atoms with Gasteiger partial charge in [0.1, 0.15) is 0 Å². The maximum Gasteiger partial charge on any atom is 0.237 e. The Morgan fingerprint density at radius 1 is 1.19 bits per heavy atom. The van der Waals surface area contributed by atoms with Gasteiger partial charge in [-0.05, 0) is 49.1 Å². The molecule has 1 aliphatic heterocycles. The predicted octanol–water partition coefficient (Wildman–Crippen LogP) is 1.37. The van der Waals surface area contributed by atoms with Gasteiger partial charge in [0.05, 0.1) is 12.1 Å². The van der Waals surface area contributed by atoms with Crippen LogP contribution in [0.3, 0.4) is 0 Å². The van der Waals surface area contributed by atoms with Crippen molar-refractivity contribution in [1.82, 2.24) is 10.6 Å². The van der Waals surface area contributed by atoms with Crippen molar-refractivity contribution >= 4 is 5.91 Å². The van der Waals surface area contributed by atoms with Crippen LogP contribution in [0, 0.1) is 5.92 Å². The standard InChI is InChI=1S/C17H24N2O2/c20-15-7-5-12(6-8-15)10-19-17(21)16-9-13-3-1-2-4-14(13)11-18-16/h1-4,12,15-16,18,20H,5-11H2,(H,19,21)/t12?,15?,16-/m0/s1. The Hall–Kier alpha value is -1.39. The van der Waals surface area contributed by atoms with Gasteiger partial charge in [-0.1, -0.05) is 24.3 Å². The number of nitrogens with one attached hydrogen (secondary N) is 2. The number of amides is 1. The quantitative estimate of drug-likeness (QED) is 0.787. The molecule has 4 heteroatoms. The molecular formula is C17H24N2O2. The van der Waals surface area contributed by atoms with E-state index in [1.807, 2.05) is 12.1 Å². The number of carbonyl (C=O) groups excluding carboxylic acids is 1. The number of rotatable bonds is 3. The molecule has 1 aromatic rings. The third kappa shape index (κ3) is 3.63. The molecule has 0 spiro atoms. The molecule has 114 valence electrons. The monoisotopic (exact) mass is 288 g/mol. The molecular weight excluding hydrogens is 264 g/mol. The van der Waals surface area contributed by atoms with E-state index < -0.39 is 0 Å². The van der Waals surface area contributed by atoms with Gasteiger partial charge >= 0.3 is 0 Å². The van der Waals surface area contributed by atoms with Crippen molar-refractivity contribution in [3.05, 3.63) is 35.4 Å². The van der Waals surface area contributed by atoms with Crippen LogP contribution in [0.4, 0.5) is 0 Å². The van der Waals surface area contributed by atoms with Crippen LogP contribution in [0.15, 0.2) is 24.3 Å². The normalized spacial score (nSPS) is 28.7. The molecule has 1 amide bonds. The Labute approximate surface area is 125 Å². The first kappa shape index (κ1) is 14.5. The summed E-state index contributed by atoms with van der Waals surface area (Å²) >= 11 is 0. The van der Waals surface area contributed by atoms with Gasteiger partial charge in [-0.25, -0.2) is 0 Å². The van der Waals surface area contributed by atoms with E-state index in [1.54, 1.807) is 0 Å². The second-order valence-corrected chi connectivity index (χ2v) is 6.33. The van der Waals surface area contributed by atoms with Crippen molar-refractivity contribution in [3.63, 3.8) is 0 Å². The minimum atomic E-state index is -0.131. The fourth-order valence-electron chi connectivity index (χ4n) is 3.36. The highest BCUT2D eigenvalue weighted by Gasteiger charge is 2.25. The fourth-order valence-corrected chi connectivity index (χ4v) is 3.36. The topological polar surface area (TPSA) is 61.4 Å². The summed E-state index contributed by atoms with van der Waals surface area (Å²) < 4.78 is 0. The highest BCUT2D eigenvalue weighted by atomic mass is 16.3. The Morgan fingerprint density at radius 2 is 1.90 bits per heavy atom. The molecule has 21 heavy (non-hydrogen) atoms. The SMILES string of the molecule is O=C(NCC1CCC(O)CC1)[C@@H]1Cc2ccccc2CN1. The number of fused-ring (bicyclic) bond motifs is 1. The summed E-state index contributed by atoms with van der Waals surface area (Å²) in [4.78, 5) is 12.3. The van der Waals surface area contributed by atoms with Crippen molar-refractivity contribution in [2.24, 2.45) is 5.92 Å². The lowest BCUT2D eigenvalue weighted by atomic mass is 9.87. The first-order chi connectivity index (χ1) is 10.2. The molecule has 3 rings (SSSR count). The van der Waals surface area contributed by atoms with Gasteiger partial charge in [0.2, 0.25) is 5.91 Å². The fraction of sp³-hybridized carbons (Fsp3) is 0.588. The average molecular weight is 288 g/mol. The molecule has 0 radical (unpaired) electrons. The van der Waals surface area contributed by atoms with E-state index >= 15 is 0 Å². The van der Waals surface area contributed by atoms with Crippen LogP contribution in [0.25, 0.3) is 0 Å². The molecule has 1 aliphatic carbocycles. The van der Waals surface area contributed by atoms with E-state index in [0.29, 0.717) is 5.92 Å². The smallest absolute Gasteiger partial charge is 0.237 e. The van der Waals surface area contributed by atoms with Gasteiger partial charge in [0.15, 0.2) is 0 Å². The predicted molar refractivity (Wildman–Crippen MR) is 81.7 cm³/mol. The molecule has 3 N–H and O–H groups in total. The highest BCUT2D eigenvalue weighted by Crippen LogP contribution is 2.23. The molecule has 1 heterocycles. The van der Waals surface area contributed by atoms with Crippen LogP contribution in [0.2, 0.25) is 0 Å². The lowest BCUT2D eigenvalue weighted by Gasteiger charge is -2.28. The molecule has 1 saturated carbocycles. The Morgan fingerprint density at radius 3 is 2.67 bits per heavy atom. The van der Waals surface area contributed by atoms with E-state index in [-0.39, 0.29) is 18.1 Å². The maximum absolute atomic E-state index is 12.3. The van der Waals surface area contributed by atoms with E-state index in [1.165, 1.54) is 11.1 Å². The van der Waals surface area contributed by atoms with Crippen LogP contribution in [0.5, 0.6) is 0 Å². The van der Waals surface area contributed by atoms with Gasteiger partial charge in [0.25, 0.3) is 0 Å². The minimum absolute atomic E-state index is 0.107. The van der Waals surface area contributed by atoms with E-state index in [2.05, 4.69) is 22.8 Å². The molecule has 2 aliphatic rings.